The largest absolute Gasteiger partial charge is 0.462 e. The van der Waals surface area contributed by atoms with Gasteiger partial charge in [0.15, 0.2) is 0 Å². The molecule has 13 heteroatoms. The van der Waals surface area contributed by atoms with E-state index in [1.54, 1.807) is 0 Å². The average molecular weight is 437 g/mol. The third-order valence-corrected chi connectivity index (χ3v) is 4.61. The minimum atomic E-state index is -1.57. The van der Waals surface area contributed by atoms with E-state index in [1.165, 1.54) is 30.3 Å². The minimum absolute atomic E-state index is 0.226. The molecule has 1 aliphatic heterocycles. The molecule has 2 aromatic carbocycles. The summed E-state index contributed by atoms with van der Waals surface area (Å²) in [6.45, 7) is -0.588. The summed E-state index contributed by atoms with van der Waals surface area (Å²) in [6.07, 6.45) is -7.09. The predicted octanol–water partition coefficient (Wildman–Crippen LogP) is 0.425. The maximum Gasteiger partial charge on any atom is 0.348 e. The number of nitro groups is 2. The number of nitro benzene ring substituents is 2. The van der Waals surface area contributed by atoms with E-state index in [2.05, 4.69) is 5.32 Å². The summed E-state index contributed by atoms with van der Waals surface area (Å²) in [6, 6.07) is 9.41. The predicted molar refractivity (Wildman–Crippen MR) is 104 cm³/mol. The van der Waals surface area contributed by atoms with Gasteiger partial charge in [0, 0.05) is 23.5 Å². The number of benzene rings is 2. The number of aliphatic hydroxyl groups excluding tert-OH is 4. The first-order valence-electron chi connectivity index (χ1n) is 8.98. The highest BCUT2D eigenvalue weighted by atomic mass is 16.7. The maximum atomic E-state index is 11.1. The van der Waals surface area contributed by atoms with Crippen LogP contribution in [0.15, 0.2) is 42.5 Å². The number of anilines is 2. The Morgan fingerprint density at radius 3 is 2.10 bits per heavy atom. The van der Waals surface area contributed by atoms with Gasteiger partial charge in [-0.2, -0.15) is 0 Å². The lowest BCUT2D eigenvalue weighted by atomic mass is 9.99. The minimum Gasteiger partial charge on any atom is -0.462 e. The number of hydrogen-bond acceptors (Lipinski definition) is 11. The molecule has 0 spiro atoms. The fourth-order valence-corrected chi connectivity index (χ4v) is 2.98. The van der Waals surface area contributed by atoms with E-state index < -0.39 is 58.5 Å². The molecule has 166 valence electrons. The van der Waals surface area contributed by atoms with Gasteiger partial charge in [0.1, 0.15) is 30.2 Å². The van der Waals surface area contributed by atoms with E-state index in [0.29, 0.717) is 5.69 Å². The number of rotatable bonds is 7. The quantitative estimate of drug-likeness (QED) is 0.297. The van der Waals surface area contributed by atoms with Gasteiger partial charge in [0.2, 0.25) is 6.29 Å². The molecule has 0 amide bonds. The number of hydrogen-bond donors (Lipinski definition) is 5. The van der Waals surface area contributed by atoms with Crippen molar-refractivity contribution in [1.82, 2.24) is 0 Å². The second-order valence-corrected chi connectivity index (χ2v) is 6.68. The van der Waals surface area contributed by atoms with Crippen molar-refractivity contribution in [3.05, 3.63) is 62.7 Å². The number of nitrogens with zero attached hydrogens (tertiary/aromatic N) is 2. The highest BCUT2D eigenvalue weighted by molar-refractivity contribution is 5.67. The summed E-state index contributed by atoms with van der Waals surface area (Å²) < 4.78 is 10.7. The number of aliphatic hydroxyl groups is 4. The third-order valence-electron chi connectivity index (χ3n) is 4.61. The molecule has 2 aromatic rings. The second-order valence-electron chi connectivity index (χ2n) is 6.68. The van der Waals surface area contributed by atoms with Gasteiger partial charge in [-0.3, -0.25) is 20.2 Å². The van der Waals surface area contributed by atoms with Gasteiger partial charge >= 0.3 is 11.4 Å². The standard InChI is InChI=1S/C18H19N3O10/c22-8-14-15(23)16(24)17(25)18(31-14)30-11-4-1-9(2-5-11)19-10-3-6-12(20(26)27)13(7-10)21(28)29/h1-7,14-19,22-25H,8H2/t14-,15-,16+,17-,18+/m1/s1. The van der Waals surface area contributed by atoms with Crippen LogP contribution >= 0.6 is 0 Å². The van der Waals surface area contributed by atoms with Crippen molar-refractivity contribution in [3.63, 3.8) is 0 Å². The zero-order valence-corrected chi connectivity index (χ0v) is 15.8. The topological polar surface area (TPSA) is 198 Å². The highest BCUT2D eigenvalue weighted by Crippen LogP contribution is 2.31. The molecular formula is C18H19N3O10. The van der Waals surface area contributed by atoms with Crippen LogP contribution in [-0.2, 0) is 4.74 Å². The van der Waals surface area contributed by atoms with Crippen molar-refractivity contribution in [1.29, 1.82) is 0 Å². The molecule has 1 fully saturated rings. The lowest BCUT2D eigenvalue weighted by Crippen LogP contribution is -2.60. The SMILES string of the molecule is O=[N+]([O-])c1ccc(Nc2ccc(O[C@H]3O[C@H](CO)[C@@H](O)[C@H](O)[C@H]3O)cc2)cc1[N+](=O)[O-]. The molecule has 1 aliphatic rings. The second kappa shape index (κ2) is 9.20. The van der Waals surface area contributed by atoms with Gasteiger partial charge in [0.05, 0.1) is 16.5 Å². The van der Waals surface area contributed by atoms with E-state index >= 15 is 0 Å². The molecule has 0 radical (unpaired) electrons. The van der Waals surface area contributed by atoms with Crippen LogP contribution in [0.25, 0.3) is 0 Å². The lowest BCUT2D eigenvalue weighted by Gasteiger charge is -2.39. The van der Waals surface area contributed by atoms with Gasteiger partial charge in [-0.25, -0.2) is 0 Å². The van der Waals surface area contributed by atoms with Crippen molar-refractivity contribution in [2.75, 3.05) is 11.9 Å². The van der Waals surface area contributed by atoms with Crippen LogP contribution in [-0.4, -0.2) is 67.6 Å². The van der Waals surface area contributed by atoms with Crippen molar-refractivity contribution in [2.45, 2.75) is 30.7 Å². The first kappa shape index (κ1) is 22.3. The van der Waals surface area contributed by atoms with E-state index in [9.17, 15) is 40.7 Å². The molecule has 0 aromatic heterocycles. The van der Waals surface area contributed by atoms with Crippen LogP contribution in [0.2, 0.25) is 0 Å². The van der Waals surface area contributed by atoms with E-state index in [4.69, 9.17) is 9.47 Å². The Bertz CT molecular complexity index is 952. The molecule has 0 aliphatic carbocycles. The average Bonchev–Trinajstić information content (AvgIpc) is 2.75. The molecule has 1 heterocycles. The van der Waals surface area contributed by atoms with Crippen molar-refractivity contribution < 1.29 is 39.7 Å². The summed E-state index contributed by atoms with van der Waals surface area (Å²) in [5.41, 5.74) is -0.555. The van der Waals surface area contributed by atoms with Crippen LogP contribution in [0, 0.1) is 20.2 Å². The van der Waals surface area contributed by atoms with Gasteiger partial charge in [0.25, 0.3) is 0 Å². The van der Waals surface area contributed by atoms with Crippen molar-refractivity contribution in [3.8, 4) is 5.75 Å². The first-order chi connectivity index (χ1) is 14.7. The van der Waals surface area contributed by atoms with E-state index in [-0.39, 0.29) is 11.4 Å². The normalized spacial score (nSPS) is 25.6. The smallest absolute Gasteiger partial charge is 0.348 e. The number of nitrogens with one attached hydrogen (secondary N) is 1. The van der Waals surface area contributed by atoms with Crippen LogP contribution in [0.1, 0.15) is 0 Å². The molecule has 3 rings (SSSR count). The lowest BCUT2D eigenvalue weighted by molar-refractivity contribution is -0.422. The third kappa shape index (κ3) is 4.87. The van der Waals surface area contributed by atoms with Crippen LogP contribution in [0.5, 0.6) is 5.75 Å². The van der Waals surface area contributed by atoms with Gasteiger partial charge in [-0.05, 0) is 30.3 Å². The fourth-order valence-electron chi connectivity index (χ4n) is 2.98. The Hall–Kier alpha value is -3.36. The summed E-state index contributed by atoms with van der Waals surface area (Å²) in [7, 11) is 0. The van der Waals surface area contributed by atoms with Crippen molar-refractivity contribution >= 4 is 22.7 Å². The summed E-state index contributed by atoms with van der Waals surface area (Å²) in [5.74, 6) is 0.226. The molecular weight excluding hydrogens is 418 g/mol. The Morgan fingerprint density at radius 2 is 1.52 bits per heavy atom. The van der Waals surface area contributed by atoms with Gasteiger partial charge in [-0.1, -0.05) is 0 Å². The number of ether oxygens (including phenoxy) is 2. The van der Waals surface area contributed by atoms with Crippen LogP contribution < -0.4 is 10.1 Å². The zero-order valence-electron chi connectivity index (χ0n) is 15.8. The monoisotopic (exact) mass is 437 g/mol. The molecule has 0 unspecified atom stereocenters. The molecule has 31 heavy (non-hydrogen) atoms. The van der Waals surface area contributed by atoms with E-state index in [1.807, 2.05) is 0 Å². The first-order valence-corrected chi connectivity index (χ1v) is 8.98. The Labute approximate surface area is 174 Å². The summed E-state index contributed by atoms with van der Waals surface area (Å²) in [4.78, 5) is 20.3. The Kier molecular flexibility index (Phi) is 6.62. The fraction of sp³-hybridized carbons (Fsp3) is 0.333. The van der Waals surface area contributed by atoms with Gasteiger partial charge < -0.3 is 35.2 Å². The molecule has 1 saturated heterocycles. The highest BCUT2D eigenvalue weighted by Gasteiger charge is 2.44. The van der Waals surface area contributed by atoms with Crippen LogP contribution in [0.3, 0.4) is 0 Å². The maximum absolute atomic E-state index is 11.1. The Balaban J connectivity index is 1.70. The molecule has 5 N–H and O–H groups in total. The molecule has 0 saturated carbocycles. The zero-order chi connectivity index (χ0) is 22.7. The van der Waals surface area contributed by atoms with Crippen LogP contribution in [0.4, 0.5) is 22.7 Å². The Morgan fingerprint density at radius 1 is 0.903 bits per heavy atom. The molecule has 13 nitrogen and oxygen atoms in total. The summed E-state index contributed by atoms with van der Waals surface area (Å²) in [5, 5.41) is 63.6. The summed E-state index contributed by atoms with van der Waals surface area (Å²) >= 11 is 0. The van der Waals surface area contributed by atoms with Crippen molar-refractivity contribution in [2.24, 2.45) is 0 Å². The molecule has 5 atom stereocenters. The van der Waals surface area contributed by atoms with E-state index in [0.717, 1.165) is 12.1 Å². The van der Waals surface area contributed by atoms with Gasteiger partial charge in [-0.15, -0.1) is 0 Å². The molecule has 0 bridgehead atoms.